The number of nitrogens with zero attached hydrogens (tertiary/aromatic N) is 3. The summed E-state index contributed by atoms with van der Waals surface area (Å²) in [5, 5.41) is 0. The van der Waals surface area contributed by atoms with Crippen molar-refractivity contribution in [3.05, 3.63) is 58.9 Å². The molecule has 1 fully saturated rings. The van der Waals surface area contributed by atoms with Crippen LogP contribution in [0.1, 0.15) is 23.2 Å². The fourth-order valence-electron chi connectivity index (χ4n) is 3.17. The molecule has 0 N–H and O–H groups in total. The second-order valence-corrected chi connectivity index (χ2v) is 10.2. The van der Waals surface area contributed by atoms with Crippen LogP contribution in [0.4, 0.5) is 0 Å². The second kappa shape index (κ2) is 8.37. The highest BCUT2D eigenvalue weighted by Crippen LogP contribution is 2.30. The number of rotatable bonds is 6. The first-order valence-corrected chi connectivity index (χ1v) is 11.9. The first-order valence-electron chi connectivity index (χ1n) is 9.63. The zero-order chi connectivity index (χ0) is 22.2. The zero-order valence-electron chi connectivity index (χ0n) is 17.0. The predicted molar refractivity (Wildman–Crippen MR) is 116 cm³/mol. The predicted octanol–water partition coefficient (Wildman–Crippen LogP) is 2.40. The number of hydrogen-bond acceptors (Lipinski definition) is 6. The molecule has 1 amide bonds. The van der Waals surface area contributed by atoms with Crippen LogP contribution in [0.25, 0.3) is 10.2 Å². The van der Waals surface area contributed by atoms with E-state index in [2.05, 4.69) is 4.99 Å². The molecule has 1 saturated carbocycles. The minimum atomic E-state index is -3.58. The molecule has 1 aliphatic rings. The van der Waals surface area contributed by atoms with E-state index in [-0.39, 0.29) is 23.0 Å². The van der Waals surface area contributed by atoms with Gasteiger partial charge in [-0.25, -0.2) is 8.42 Å². The maximum atomic E-state index is 12.8. The number of hydrogen-bond donors (Lipinski definition) is 0. The number of aromatic nitrogens is 1. The molecule has 0 radical (unpaired) electrons. The van der Waals surface area contributed by atoms with Gasteiger partial charge in [-0.05, 0) is 49.2 Å². The van der Waals surface area contributed by atoms with Crippen molar-refractivity contribution in [2.45, 2.75) is 30.3 Å². The molecule has 0 atom stereocenters. The standard InChI is InChI=1S/C21H21N3O5S2/c1-23(15-9-10-15)31(27,28)16-11-7-14(8-12-16)20(26)22-21-24(13-19(25)29-2)17-5-3-4-6-18(17)30-21/h3-8,11-12,15H,9-10,13H2,1-2H3. The van der Waals surface area contributed by atoms with E-state index in [0.717, 1.165) is 23.1 Å². The third-order valence-corrected chi connectivity index (χ3v) is 8.12. The summed E-state index contributed by atoms with van der Waals surface area (Å²) in [7, 11) is -0.706. The topological polar surface area (TPSA) is 98.0 Å². The van der Waals surface area contributed by atoms with E-state index >= 15 is 0 Å². The molecule has 1 aromatic heterocycles. The number of benzene rings is 2. The normalized spacial score (nSPS) is 14.9. The van der Waals surface area contributed by atoms with Gasteiger partial charge in [0.15, 0.2) is 4.80 Å². The third kappa shape index (κ3) is 4.32. The Balaban J connectivity index is 1.67. The van der Waals surface area contributed by atoms with Crippen molar-refractivity contribution >= 4 is 43.5 Å². The lowest BCUT2D eigenvalue weighted by Gasteiger charge is -2.16. The molecule has 2 aromatic carbocycles. The van der Waals surface area contributed by atoms with Gasteiger partial charge >= 0.3 is 5.97 Å². The number of fused-ring (bicyclic) bond motifs is 1. The first kappa shape index (κ1) is 21.4. The van der Waals surface area contributed by atoms with Gasteiger partial charge in [-0.3, -0.25) is 9.59 Å². The van der Waals surface area contributed by atoms with Crippen molar-refractivity contribution in [2.75, 3.05) is 14.2 Å². The van der Waals surface area contributed by atoms with E-state index in [1.54, 1.807) is 11.6 Å². The number of ether oxygens (including phenoxy) is 1. The monoisotopic (exact) mass is 459 g/mol. The quantitative estimate of drug-likeness (QED) is 0.527. The Kier molecular flexibility index (Phi) is 5.78. The van der Waals surface area contributed by atoms with Crippen LogP contribution in [0.15, 0.2) is 58.4 Å². The van der Waals surface area contributed by atoms with Crippen LogP contribution < -0.4 is 4.80 Å². The van der Waals surface area contributed by atoms with E-state index < -0.39 is 21.9 Å². The molecule has 1 heterocycles. The summed E-state index contributed by atoms with van der Waals surface area (Å²) in [6, 6.07) is 13.2. The van der Waals surface area contributed by atoms with Crippen LogP contribution in [0.2, 0.25) is 0 Å². The summed E-state index contributed by atoms with van der Waals surface area (Å²) in [6.45, 7) is -0.0721. The lowest BCUT2D eigenvalue weighted by Crippen LogP contribution is -2.28. The summed E-state index contributed by atoms with van der Waals surface area (Å²) in [6.07, 6.45) is 1.73. The summed E-state index contributed by atoms with van der Waals surface area (Å²) in [5.74, 6) is -0.975. The fourth-order valence-corrected chi connectivity index (χ4v) is 5.62. The molecule has 0 unspecified atom stereocenters. The number of sulfonamides is 1. The number of esters is 1. The lowest BCUT2D eigenvalue weighted by molar-refractivity contribution is -0.141. The van der Waals surface area contributed by atoms with Crippen LogP contribution in [-0.2, 0) is 26.1 Å². The Morgan fingerprint density at radius 1 is 1.16 bits per heavy atom. The average Bonchev–Trinajstić information content (AvgIpc) is 3.57. The smallest absolute Gasteiger partial charge is 0.325 e. The van der Waals surface area contributed by atoms with E-state index in [9.17, 15) is 18.0 Å². The van der Waals surface area contributed by atoms with Gasteiger partial charge < -0.3 is 9.30 Å². The lowest BCUT2D eigenvalue weighted by atomic mass is 10.2. The van der Waals surface area contributed by atoms with E-state index in [0.29, 0.717) is 4.80 Å². The highest BCUT2D eigenvalue weighted by Gasteiger charge is 2.35. The summed E-state index contributed by atoms with van der Waals surface area (Å²) in [5.41, 5.74) is 1.03. The summed E-state index contributed by atoms with van der Waals surface area (Å²) < 4.78 is 33.9. The molecule has 4 rings (SSSR count). The van der Waals surface area contributed by atoms with Crippen LogP contribution in [0, 0.1) is 0 Å². The fraction of sp³-hybridized carbons (Fsp3) is 0.286. The maximum absolute atomic E-state index is 12.8. The summed E-state index contributed by atoms with van der Waals surface area (Å²) >= 11 is 1.29. The van der Waals surface area contributed by atoms with Gasteiger partial charge in [-0.15, -0.1) is 0 Å². The molecule has 0 aliphatic heterocycles. The second-order valence-electron chi connectivity index (χ2n) is 7.21. The number of amides is 1. The molecule has 8 nitrogen and oxygen atoms in total. The number of thiazole rings is 1. The average molecular weight is 460 g/mol. The van der Waals surface area contributed by atoms with Crippen LogP contribution in [0.5, 0.6) is 0 Å². The molecule has 3 aromatic rings. The molecule has 0 bridgehead atoms. The van der Waals surface area contributed by atoms with Crippen molar-refractivity contribution in [2.24, 2.45) is 4.99 Å². The van der Waals surface area contributed by atoms with Crippen LogP contribution in [-0.4, -0.2) is 49.4 Å². The van der Waals surface area contributed by atoms with Gasteiger partial charge in [0.05, 0.1) is 22.2 Å². The third-order valence-electron chi connectivity index (χ3n) is 5.14. The van der Waals surface area contributed by atoms with Crippen molar-refractivity contribution in [1.29, 1.82) is 0 Å². The van der Waals surface area contributed by atoms with Crippen molar-refractivity contribution < 1.29 is 22.7 Å². The van der Waals surface area contributed by atoms with E-state index in [1.807, 2.05) is 24.3 Å². The van der Waals surface area contributed by atoms with Gasteiger partial charge in [0.25, 0.3) is 5.91 Å². The van der Waals surface area contributed by atoms with Crippen molar-refractivity contribution in [3.63, 3.8) is 0 Å². The molecular formula is C21H21N3O5S2. The minimum absolute atomic E-state index is 0.0551. The number of carbonyl (C=O) groups excluding carboxylic acids is 2. The van der Waals surface area contributed by atoms with Crippen molar-refractivity contribution in [3.8, 4) is 0 Å². The molecule has 10 heteroatoms. The van der Waals surface area contributed by atoms with Crippen molar-refractivity contribution in [1.82, 2.24) is 8.87 Å². The largest absolute Gasteiger partial charge is 0.468 e. The number of carbonyl (C=O) groups is 2. The molecule has 162 valence electrons. The first-order chi connectivity index (χ1) is 14.8. The summed E-state index contributed by atoms with van der Waals surface area (Å²) in [4.78, 5) is 29.3. The Morgan fingerprint density at radius 2 is 1.84 bits per heavy atom. The Labute approximate surface area is 183 Å². The minimum Gasteiger partial charge on any atom is -0.468 e. The number of para-hydroxylation sites is 1. The number of methoxy groups -OCH3 is 1. The molecule has 0 spiro atoms. The van der Waals surface area contributed by atoms with Crippen LogP contribution in [0.3, 0.4) is 0 Å². The van der Waals surface area contributed by atoms with Gasteiger partial charge in [0.2, 0.25) is 10.0 Å². The van der Waals surface area contributed by atoms with Gasteiger partial charge in [0.1, 0.15) is 6.54 Å². The van der Waals surface area contributed by atoms with Gasteiger partial charge in [0, 0.05) is 18.7 Å². The SMILES string of the molecule is COC(=O)Cn1c(=NC(=O)c2ccc(S(=O)(=O)N(C)C3CC3)cc2)sc2ccccc21. The van der Waals surface area contributed by atoms with E-state index in [1.165, 1.54) is 47.0 Å². The zero-order valence-corrected chi connectivity index (χ0v) is 18.6. The molecule has 0 saturated heterocycles. The van der Waals surface area contributed by atoms with Crippen LogP contribution >= 0.6 is 11.3 Å². The van der Waals surface area contributed by atoms with Gasteiger partial charge in [-0.1, -0.05) is 23.5 Å². The molecule has 1 aliphatic carbocycles. The van der Waals surface area contributed by atoms with E-state index in [4.69, 9.17) is 4.74 Å². The highest BCUT2D eigenvalue weighted by atomic mass is 32.2. The molecule has 31 heavy (non-hydrogen) atoms. The Hall–Kier alpha value is -2.82. The highest BCUT2D eigenvalue weighted by molar-refractivity contribution is 7.89. The maximum Gasteiger partial charge on any atom is 0.325 e. The van der Waals surface area contributed by atoms with Gasteiger partial charge in [-0.2, -0.15) is 9.30 Å². The molecular weight excluding hydrogens is 438 g/mol. The Bertz CT molecular complexity index is 1320. The Morgan fingerprint density at radius 3 is 2.48 bits per heavy atom.